The highest BCUT2D eigenvalue weighted by Gasteiger charge is 2.36. The van der Waals surface area contributed by atoms with Crippen molar-refractivity contribution in [1.82, 2.24) is 0 Å². The summed E-state index contributed by atoms with van der Waals surface area (Å²) in [6.45, 7) is 2.11. The second-order valence-corrected chi connectivity index (χ2v) is 4.85. The monoisotopic (exact) mass is 234 g/mol. The molecule has 0 spiro atoms. The zero-order chi connectivity index (χ0) is 12.5. The first-order valence-corrected chi connectivity index (χ1v) is 5.91. The van der Waals surface area contributed by atoms with Crippen molar-refractivity contribution in [2.45, 2.75) is 38.2 Å². The van der Waals surface area contributed by atoms with Gasteiger partial charge in [-0.15, -0.1) is 0 Å². The van der Waals surface area contributed by atoms with Gasteiger partial charge in [0, 0.05) is 13.5 Å². The number of hydrogen-bond donors (Lipinski definition) is 1. The van der Waals surface area contributed by atoms with E-state index < -0.39 is 11.6 Å². The maximum Gasteiger partial charge on any atom is 0.306 e. The number of aryl methyl sites for hydroxylation is 1. The normalized spacial score (nSPS) is 23.2. The highest BCUT2D eigenvalue weighted by Crippen LogP contribution is 2.35. The molecule has 17 heavy (non-hydrogen) atoms. The van der Waals surface area contributed by atoms with Crippen molar-refractivity contribution in [3.05, 3.63) is 34.9 Å². The number of benzene rings is 1. The van der Waals surface area contributed by atoms with Gasteiger partial charge in [-0.2, -0.15) is 0 Å². The fraction of sp³-hybridized carbons (Fsp3) is 0.500. The highest BCUT2D eigenvalue weighted by atomic mass is 16.5. The van der Waals surface area contributed by atoms with Crippen LogP contribution < -0.4 is 0 Å². The molecule has 2 rings (SSSR count). The SMILES string of the molecule is COC1(CC(=O)O)CCc2c(C)cccc2C1. The minimum absolute atomic E-state index is 0.0802. The Labute approximate surface area is 101 Å². The minimum Gasteiger partial charge on any atom is -0.481 e. The van der Waals surface area contributed by atoms with Crippen LogP contribution in [0.4, 0.5) is 0 Å². The average molecular weight is 234 g/mol. The molecule has 0 amide bonds. The summed E-state index contributed by atoms with van der Waals surface area (Å²) >= 11 is 0. The number of aliphatic carboxylic acids is 1. The molecule has 0 radical (unpaired) electrons. The van der Waals surface area contributed by atoms with E-state index in [0.29, 0.717) is 6.42 Å². The molecule has 0 saturated carbocycles. The number of ether oxygens (including phenoxy) is 1. The number of methoxy groups -OCH3 is 1. The van der Waals surface area contributed by atoms with Crippen LogP contribution in [0.1, 0.15) is 29.5 Å². The molecule has 0 aromatic heterocycles. The van der Waals surface area contributed by atoms with Crippen molar-refractivity contribution in [2.75, 3.05) is 7.11 Å². The third-order valence-electron chi connectivity index (χ3n) is 3.76. The first-order chi connectivity index (χ1) is 8.06. The molecule has 1 aromatic carbocycles. The summed E-state index contributed by atoms with van der Waals surface area (Å²) in [4.78, 5) is 10.9. The molecule has 1 unspecified atom stereocenters. The van der Waals surface area contributed by atoms with E-state index in [1.807, 2.05) is 6.07 Å². The molecular formula is C14H18O3. The quantitative estimate of drug-likeness (QED) is 0.873. The fourth-order valence-corrected chi connectivity index (χ4v) is 2.75. The van der Waals surface area contributed by atoms with Gasteiger partial charge in [-0.3, -0.25) is 4.79 Å². The van der Waals surface area contributed by atoms with Gasteiger partial charge in [0.2, 0.25) is 0 Å². The zero-order valence-electron chi connectivity index (χ0n) is 10.3. The van der Waals surface area contributed by atoms with Gasteiger partial charge in [0.25, 0.3) is 0 Å². The van der Waals surface area contributed by atoms with Gasteiger partial charge in [0.1, 0.15) is 0 Å². The number of carboxylic acid groups (broad SMARTS) is 1. The summed E-state index contributed by atoms with van der Waals surface area (Å²) in [5.74, 6) is -0.789. The van der Waals surface area contributed by atoms with Gasteiger partial charge in [-0.25, -0.2) is 0 Å². The van der Waals surface area contributed by atoms with Crippen LogP contribution in [0.15, 0.2) is 18.2 Å². The Balaban J connectivity index is 2.30. The van der Waals surface area contributed by atoms with Crippen LogP contribution in [0.3, 0.4) is 0 Å². The minimum atomic E-state index is -0.789. The van der Waals surface area contributed by atoms with Crippen LogP contribution in [-0.2, 0) is 22.4 Å². The Bertz CT molecular complexity index is 439. The van der Waals surface area contributed by atoms with E-state index in [4.69, 9.17) is 9.84 Å². The van der Waals surface area contributed by atoms with Gasteiger partial charge in [0.15, 0.2) is 0 Å². The van der Waals surface area contributed by atoms with Crippen LogP contribution in [-0.4, -0.2) is 23.8 Å². The molecule has 92 valence electrons. The lowest BCUT2D eigenvalue weighted by atomic mass is 9.77. The second-order valence-electron chi connectivity index (χ2n) is 4.85. The maximum absolute atomic E-state index is 10.9. The van der Waals surface area contributed by atoms with E-state index in [-0.39, 0.29) is 6.42 Å². The van der Waals surface area contributed by atoms with E-state index in [1.165, 1.54) is 16.7 Å². The van der Waals surface area contributed by atoms with E-state index in [2.05, 4.69) is 19.1 Å². The first kappa shape index (κ1) is 12.1. The smallest absolute Gasteiger partial charge is 0.306 e. The third-order valence-corrected chi connectivity index (χ3v) is 3.76. The molecule has 1 aliphatic rings. The molecule has 1 atom stereocenters. The van der Waals surface area contributed by atoms with Crippen LogP contribution >= 0.6 is 0 Å². The van der Waals surface area contributed by atoms with Crippen molar-refractivity contribution < 1.29 is 14.6 Å². The molecule has 0 heterocycles. The van der Waals surface area contributed by atoms with Gasteiger partial charge in [-0.1, -0.05) is 18.2 Å². The predicted octanol–water partition coefficient (Wildman–Crippen LogP) is 2.34. The lowest BCUT2D eigenvalue weighted by Gasteiger charge is -2.36. The van der Waals surface area contributed by atoms with Crippen molar-refractivity contribution in [3.63, 3.8) is 0 Å². The molecule has 0 saturated heterocycles. The summed E-state index contributed by atoms with van der Waals surface area (Å²) in [5, 5.41) is 8.98. The van der Waals surface area contributed by atoms with Crippen LogP contribution in [0.25, 0.3) is 0 Å². The average Bonchev–Trinajstić information content (AvgIpc) is 2.28. The van der Waals surface area contributed by atoms with Gasteiger partial charge in [-0.05, 0) is 36.5 Å². The lowest BCUT2D eigenvalue weighted by Crippen LogP contribution is -2.40. The molecule has 1 N–H and O–H groups in total. The summed E-state index contributed by atoms with van der Waals surface area (Å²) in [6.07, 6.45) is 2.47. The fourth-order valence-electron chi connectivity index (χ4n) is 2.75. The summed E-state index contributed by atoms with van der Waals surface area (Å²) < 4.78 is 5.51. The number of carboxylic acids is 1. The number of hydrogen-bond acceptors (Lipinski definition) is 2. The highest BCUT2D eigenvalue weighted by molar-refractivity contribution is 5.68. The van der Waals surface area contributed by atoms with E-state index in [9.17, 15) is 4.79 Å². The maximum atomic E-state index is 10.9. The Hall–Kier alpha value is -1.35. The topological polar surface area (TPSA) is 46.5 Å². The standard InChI is InChI=1S/C14H18O3/c1-10-4-3-5-11-8-14(17-2,9-13(15)16)7-6-12(10)11/h3-5H,6-9H2,1-2H3,(H,15,16). The van der Waals surface area contributed by atoms with Crippen LogP contribution in [0.2, 0.25) is 0 Å². The molecule has 1 aromatic rings. The molecule has 3 nitrogen and oxygen atoms in total. The largest absolute Gasteiger partial charge is 0.481 e. The van der Waals surface area contributed by atoms with Gasteiger partial charge >= 0.3 is 5.97 Å². The number of fused-ring (bicyclic) bond motifs is 1. The molecule has 0 aliphatic heterocycles. The Kier molecular flexibility index (Phi) is 3.20. The van der Waals surface area contributed by atoms with E-state index >= 15 is 0 Å². The molecule has 1 aliphatic carbocycles. The Morgan fingerprint density at radius 1 is 1.53 bits per heavy atom. The van der Waals surface area contributed by atoms with Crippen molar-refractivity contribution in [3.8, 4) is 0 Å². The lowest BCUT2D eigenvalue weighted by molar-refractivity contribution is -0.144. The third kappa shape index (κ3) is 2.34. The molecule has 3 heteroatoms. The van der Waals surface area contributed by atoms with Gasteiger partial charge in [0.05, 0.1) is 12.0 Å². The van der Waals surface area contributed by atoms with E-state index in [0.717, 1.165) is 12.8 Å². The molecular weight excluding hydrogens is 216 g/mol. The van der Waals surface area contributed by atoms with Crippen LogP contribution in [0.5, 0.6) is 0 Å². The van der Waals surface area contributed by atoms with Crippen molar-refractivity contribution in [1.29, 1.82) is 0 Å². The zero-order valence-corrected chi connectivity index (χ0v) is 10.3. The van der Waals surface area contributed by atoms with Crippen molar-refractivity contribution in [2.24, 2.45) is 0 Å². The van der Waals surface area contributed by atoms with Crippen molar-refractivity contribution >= 4 is 5.97 Å². The van der Waals surface area contributed by atoms with Gasteiger partial charge < -0.3 is 9.84 Å². The second kappa shape index (κ2) is 4.49. The predicted molar refractivity (Wildman–Crippen MR) is 65.2 cm³/mol. The van der Waals surface area contributed by atoms with E-state index in [1.54, 1.807) is 7.11 Å². The Morgan fingerprint density at radius 2 is 2.29 bits per heavy atom. The summed E-state index contributed by atoms with van der Waals surface area (Å²) in [6, 6.07) is 6.22. The Morgan fingerprint density at radius 3 is 2.94 bits per heavy atom. The molecule has 0 fully saturated rings. The number of carbonyl (C=O) groups is 1. The number of rotatable bonds is 3. The van der Waals surface area contributed by atoms with Crippen LogP contribution in [0, 0.1) is 6.92 Å². The molecule has 0 bridgehead atoms. The summed E-state index contributed by atoms with van der Waals surface area (Å²) in [7, 11) is 1.61. The summed E-state index contributed by atoms with van der Waals surface area (Å²) in [5.41, 5.74) is 3.37. The first-order valence-electron chi connectivity index (χ1n) is 5.91.